The first-order chi connectivity index (χ1) is 10.2. The van der Waals surface area contributed by atoms with Crippen LogP contribution in [-0.2, 0) is 6.42 Å². The fourth-order valence-corrected chi connectivity index (χ4v) is 3.27. The summed E-state index contributed by atoms with van der Waals surface area (Å²) in [6.07, 6.45) is 3.46. The number of hydrogen-bond acceptors (Lipinski definition) is 4. The lowest BCUT2D eigenvalue weighted by molar-refractivity contribution is 0.133. The molecule has 2 aliphatic rings. The molecule has 0 spiro atoms. The summed E-state index contributed by atoms with van der Waals surface area (Å²) < 4.78 is 5.94. The molecule has 116 valence electrons. The highest BCUT2D eigenvalue weighted by atomic mass is 16.5. The second-order valence-electron chi connectivity index (χ2n) is 6.35. The lowest BCUT2D eigenvalue weighted by Crippen LogP contribution is -2.45. The number of benzene rings is 1. The molecule has 1 fully saturated rings. The molecule has 2 N–H and O–H groups in total. The maximum absolute atomic E-state index is 6.21. The Labute approximate surface area is 127 Å². The Morgan fingerprint density at radius 1 is 1.24 bits per heavy atom. The fraction of sp³-hybridized carbons (Fsp3) is 0.647. The van der Waals surface area contributed by atoms with Crippen molar-refractivity contribution < 1.29 is 4.74 Å². The van der Waals surface area contributed by atoms with Crippen molar-refractivity contribution in [3.8, 4) is 5.75 Å². The van der Waals surface area contributed by atoms with Crippen LogP contribution in [0, 0.1) is 0 Å². The first-order valence-electron chi connectivity index (χ1n) is 8.14. The summed E-state index contributed by atoms with van der Waals surface area (Å²) in [5.41, 5.74) is 8.90. The quantitative estimate of drug-likeness (QED) is 0.915. The minimum atomic E-state index is 0.190. The van der Waals surface area contributed by atoms with E-state index in [9.17, 15) is 0 Å². The average molecular weight is 289 g/mol. The van der Waals surface area contributed by atoms with Gasteiger partial charge in [0, 0.05) is 38.8 Å². The third-order valence-electron chi connectivity index (χ3n) is 4.75. The Balaban J connectivity index is 1.50. The van der Waals surface area contributed by atoms with Gasteiger partial charge in [-0.15, -0.1) is 0 Å². The highest BCUT2D eigenvalue weighted by Gasteiger charge is 2.17. The van der Waals surface area contributed by atoms with E-state index in [0.717, 1.165) is 57.9 Å². The molecule has 1 atom stereocenters. The van der Waals surface area contributed by atoms with Gasteiger partial charge in [-0.1, -0.05) is 6.07 Å². The average Bonchev–Trinajstić information content (AvgIpc) is 2.50. The van der Waals surface area contributed by atoms with Crippen LogP contribution in [0.3, 0.4) is 0 Å². The van der Waals surface area contributed by atoms with Crippen LogP contribution >= 0.6 is 0 Å². The minimum Gasteiger partial charge on any atom is -0.492 e. The van der Waals surface area contributed by atoms with E-state index < -0.39 is 0 Å². The molecule has 0 unspecified atom stereocenters. The van der Waals surface area contributed by atoms with E-state index in [0.29, 0.717) is 0 Å². The number of likely N-dealkylation sites (N-methyl/N-ethyl adjacent to an activating group) is 1. The molecule has 3 rings (SSSR count). The number of fused-ring (bicyclic) bond motifs is 1. The number of ether oxygens (including phenoxy) is 1. The Bertz CT molecular complexity index is 469. The maximum atomic E-state index is 6.21. The van der Waals surface area contributed by atoms with E-state index in [2.05, 4.69) is 35.0 Å². The topological polar surface area (TPSA) is 41.7 Å². The van der Waals surface area contributed by atoms with Crippen molar-refractivity contribution in [2.45, 2.75) is 25.3 Å². The van der Waals surface area contributed by atoms with E-state index in [4.69, 9.17) is 10.5 Å². The highest BCUT2D eigenvalue weighted by molar-refractivity contribution is 5.39. The van der Waals surface area contributed by atoms with Gasteiger partial charge in [-0.25, -0.2) is 0 Å². The zero-order chi connectivity index (χ0) is 14.7. The minimum absolute atomic E-state index is 0.190. The molecule has 0 radical (unpaired) electrons. The molecule has 1 aromatic carbocycles. The Morgan fingerprint density at radius 2 is 2.05 bits per heavy atom. The molecule has 1 saturated heterocycles. The van der Waals surface area contributed by atoms with Crippen LogP contribution < -0.4 is 10.5 Å². The van der Waals surface area contributed by atoms with Gasteiger partial charge in [-0.3, -0.25) is 4.90 Å². The van der Waals surface area contributed by atoms with Crippen molar-refractivity contribution in [2.24, 2.45) is 5.73 Å². The standard InChI is InChI=1S/C17H27N3O/c1-19-7-9-20(10-8-19)11-12-21-15-6-5-14-3-2-4-17(18)16(14)13-15/h5-6,13,17H,2-4,7-12,18H2,1H3/t17-/m0/s1. The van der Waals surface area contributed by atoms with Crippen molar-refractivity contribution in [1.82, 2.24) is 9.80 Å². The zero-order valence-corrected chi connectivity index (χ0v) is 13.1. The molecule has 0 aromatic heterocycles. The first-order valence-corrected chi connectivity index (χ1v) is 8.14. The number of nitrogens with zero attached hydrogens (tertiary/aromatic N) is 2. The van der Waals surface area contributed by atoms with Crippen molar-refractivity contribution in [3.05, 3.63) is 29.3 Å². The second kappa shape index (κ2) is 6.77. The van der Waals surface area contributed by atoms with Crippen molar-refractivity contribution in [1.29, 1.82) is 0 Å². The first kappa shape index (κ1) is 14.8. The van der Waals surface area contributed by atoms with Gasteiger partial charge in [-0.2, -0.15) is 0 Å². The van der Waals surface area contributed by atoms with Gasteiger partial charge in [0.15, 0.2) is 0 Å². The van der Waals surface area contributed by atoms with Gasteiger partial charge in [0.25, 0.3) is 0 Å². The number of nitrogens with two attached hydrogens (primary N) is 1. The van der Waals surface area contributed by atoms with Crippen molar-refractivity contribution in [3.63, 3.8) is 0 Å². The molecular formula is C17H27N3O. The molecule has 4 nitrogen and oxygen atoms in total. The molecule has 1 aliphatic heterocycles. The van der Waals surface area contributed by atoms with E-state index in [-0.39, 0.29) is 6.04 Å². The predicted octanol–water partition coefficient (Wildman–Crippen LogP) is 1.65. The van der Waals surface area contributed by atoms with Crippen LogP contribution in [0.5, 0.6) is 5.75 Å². The molecule has 0 bridgehead atoms. The summed E-state index contributed by atoms with van der Waals surface area (Å²) in [4.78, 5) is 4.85. The van der Waals surface area contributed by atoms with Gasteiger partial charge in [0.2, 0.25) is 0 Å². The molecule has 1 heterocycles. The summed E-state index contributed by atoms with van der Waals surface area (Å²) in [5.74, 6) is 0.972. The van der Waals surface area contributed by atoms with E-state index in [1.165, 1.54) is 17.5 Å². The summed E-state index contributed by atoms with van der Waals surface area (Å²) in [7, 11) is 2.18. The van der Waals surface area contributed by atoms with E-state index in [1.54, 1.807) is 0 Å². The number of hydrogen-bond donors (Lipinski definition) is 1. The molecule has 21 heavy (non-hydrogen) atoms. The van der Waals surface area contributed by atoms with Gasteiger partial charge in [-0.05, 0) is 49.6 Å². The summed E-state index contributed by atoms with van der Waals surface area (Å²) in [5, 5.41) is 0. The molecule has 1 aromatic rings. The van der Waals surface area contributed by atoms with Crippen LogP contribution in [0.15, 0.2) is 18.2 Å². The lowest BCUT2D eigenvalue weighted by atomic mass is 9.88. The van der Waals surface area contributed by atoms with Gasteiger partial charge < -0.3 is 15.4 Å². The largest absolute Gasteiger partial charge is 0.492 e. The lowest BCUT2D eigenvalue weighted by Gasteiger charge is -2.32. The highest BCUT2D eigenvalue weighted by Crippen LogP contribution is 2.30. The van der Waals surface area contributed by atoms with E-state index >= 15 is 0 Å². The summed E-state index contributed by atoms with van der Waals surface area (Å²) in [6, 6.07) is 6.64. The molecule has 4 heteroatoms. The zero-order valence-electron chi connectivity index (χ0n) is 13.1. The summed E-state index contributed by atoms with van der Waals surface area (Å²) in [6.45, 7) is 6.39. The number of piperazine rings is 1. The SMILES string of the molecule is CN1CCN(CCOc2ccc3c(c2)[C@@H](N)CCC3)CC1. The third-order valence-corrected chi connectivity index (χ3v) is 4.75. The Hall–Kier alpha value is -1.10. The Morgan fingerprint density at radius 3 is 2.86 bits per heavy atom. The fourth-order valence-electron chi connectivity index (χ4n) is 3.27. The molecule has 1 aliphatic carbocycles. The van der Waals surface area contributed by atoms with Crippen LogP contribution in [0.1, 0.15) is 30.0 Å². The van der Waals surface area contributed by atoms with Crippen LogP contribution in [-0.4, -0.2) is 56.2 Å². The van der Waals surface area contributed by atoms with Gasteiger partial charge in [0.1, 0.15) is 12.4 Å². The van der Waals surface area contributed by atoms with Crippen LogP contribution in [0.2, 0.25) is 0 Å². The van der Waals surface area contributed by atoms with Crippen molar-refractivity contribution in [2.75, 3.05) is 46.4 Å². The monoisotopic (exact) mass is 289 g/mol. The molecular weight excluding hydrogens is 262 g/mol. The predicted molar refractivity (Wildman–Crippen MR) is 85.7 cm³/mol. The Kier molecular flexibility index (Phi) is 4.78. The maximum Gasteiger partial charge on any atom is 0.119 e. The normalized spacial score (nSPS) is 23.8. The molecule has 0 amide bonds. The third kappa shape index (κ3) is 3.76. The van der Waals surface area contributed by atoms with Gasteiger partial charge in [0.05, 0.1) is 0 Å². The number of rotatable bonds is 4. The number of aryl methyl sites for hydroxylation is 1. The summed E-state index contributed by atoms with van der Waals surface area (Å²) >= 11 is 0. The van der Waals surface area contributed by atoms with Crippen LogP contribution in [0.25, 0.3) is 0 Å². The van der Waals surface area contributed by atoms with Gasteiger partial charge >= 0.3 is 0 Å². The second-order valence-corrected chi connectivity index (χ2v) is 6.35. The van der Waals surface area contributed by atoms with E-state index in [1.807, 2.05) is 0 Å². The molecule has 0 saturated carbocycles. The smallest absolute Gasteiger partial charge is 0.119 e. The van der Waals surface area contributed by atoms with Crippen LogP contribution in [0.4, 0.5) is 0 Å². The van der Waals surface area contributed by atoms with Crippen molar-refractivity contribution >= 4 is 0 Å².